The quantitative estimate of drug-likeness (QED) is 0.815. The molecule has 1 aromatic carbocycles. The van der Waals surface area contributed by atoms with Crippen molar-refractivity contribution < 1.29 is 22.3 Å². The number of hydrogen-bond donors (Lipinski definition) is 1. The smallest absolute Gasteiger partial charge is 0.208 e. The minimum atomic E-state index is -3.28. The molecule has 27 heavy (non-hydrogen) atoms. The first-order valence-corrected chi connectivity index (χ1v) is 10.6. The maximum Gasteiger partial charge on any atom is 0.208 e. The Labute approximate surface area is 158 Å². The molecule has 0 spiro atoms. The number of benzene rings is 1. The lowest BCUT2D eigenvalue weighted by Gasteiger charge is -2.31. The van der Waals surface area contributed by atoms with Crippen molar-refractivity contribution >= 4 is 10.0 Å². The molecule has 1 saturated heterocycles. The van der Waals surface area contributed by atoms with Crippen LogP contribution in [0.4, 0.5) is 4.39 Å². The van der Waals surface area contributed by atoms with Gasteiger partial charge in [-0.3, -0.25) is 4.98 Å². The Morgan fingerprint density at radius 2 is 2.07 bits per heavy atom. The molecule has 1 aliphatic heterocycles. The van der Waals surface area contributed by atoms with E-state index in [-0.39, 0.29) is 17.8 Å². The van der Waals surface area contributed by atoms with E-state index in [0.29, 0.717) is 32.0 Å². The predicted molar refractivity (Wildman–Crippen MR) is 101 cm³/mol. The van der Waals surface area contributed by atoms with Gasteiger partial charge in [0.25, 0.3) is 0 Å². The molecule has 1 fully saturated rings. The van der Waals surface area contributed by atoms with E-state index < -0.39 is 10.0 Å². The predicted octanol–water partition coefficient (Wildman–Crippen LogP) is 2.53. The Balaban J connectivity index is 1.64. The van der Waals surface area contributed by atoms with Crippen molar-refractivity contribution in [2.75, 3.05) is 26.1 Å². The van der Waals surface area contributed by atoms with Gasteiger partial charge < -0.3 is 9.47 Å². The number of aromatic nitrogens is 1. The van der Waals surface area contributed by atoms with Crippen LogP contribution in [0.5, 0.6) is 5.75 Å². The highest BCUT2D eigenvalue weighted by molar-refractivity contribution is 7.88. The van der Waals surface area contributed by atoms with Gasteiger partial charge in [0.15, 0.2) is 0 Å². The summed E-state index contributed by atoms with van der Waals surface area (Å²) < 4.78 is 50.2. The second-order valence-electron chi connectivity index (χ2n) is 6.77. The van der Waals surface area contributed by atoms with Gasteiger partial charge in [-0.2, -0.15) is 0 Å². The Morgan fingerprint density at radius 3 is 2.74 bits per heavy atom. The van der Waals surface area contributed by atoms with E-state index in [1.807, 2.05) is 31.2 Å². The fourth-order valence-electron chi connectivity index (χ4n) is 3.15. The number of pyridine rings is 1. The summed E-state index contributed by atoms with van der Waals surface area (Å²) in [7, 11) is -3.28. The van der Waals surface area contributed by atoms with Gasteiger partial charge >= 0.3 is 0 Å². The summed E-state index contributed by atoms with van der Waals surface area (Å²) in [4.78, 5) is 4.14. The normalized spacial score (nSPS) is 20.4. The average molecular weight is 394 g/mol. The van der Waals surface area contributed by atoms with E-state index in [1.165, 1.54) is 12.3 Å². The van der Waals surface area contributed by atoms with Crippen molar-refractivity contribution in [3.63, 3.8) is 0 Å². The van der Waals surface area contributed by atoms with Crippen molar-refractivity contribution in [3.05, 3.63) is 47.9 Å². The highest BCUT2D eigenvalue weighted by Gasteiger charge is 2.28. The number of sulfonamides is 1. The van der Waals surface area contributed by atoms with Crippen LogP contribution in [0.3, 0.4) is 0 Å². The van der Waals surface area contributed by atoms with E-state index in [2.05, 4.69) is 9.71 Å². The summed E-state index contributed by atoms with van der Waals surface area (Å²) >= 11 is 0. The number of aryl methyl sites for hydroxylation is 1. The number of nitrogens with one attached hydrogen (secondary N) is 1. The molecule has 0 amide bonds. The van der Waals surface area contributed by atoms with Crippen LogP contribution in [0.15, 0.2) is 36.5 Å². The summed E-state index contributed by atoms with van der Waals surface area (Å²) in [6.07, 6.45) is 2.98. The average Bonchev–Trinajstić information content (AvgIpc) is 2.60. The molecule has 1 N–H and O–H groups in total. The Bertz CT molecular complexity index is 887. The zero-order valence-electron chi connectivity index (χ0n) is 15.3. The molecule has 3 rings (SSSR count). The SMILES string of the molecule is Cc1cc(F)cnc1-c1ccc(OCC2COCCC2NS(C)(=O)=O)cc1. The third kappa shape index (κ3) is 5.47. The number of rotatable bonds is 6. The van der Waals surface area contributed by atoms with Crippen LogP contribution >= 0.6 is 0 Å². The summed E-state index contributed by atoms with van der Waals surface area (Å²) in [5.41, 5.74) is 2.36. The van der Waals surface area contributed by atoms with Crippen LogP contribution < -0.4 is 9.46 Å². The van der Waals surface area contributed by atoms with Gasteiger partial charge in [0.05, 0.1) is 31.4 Å². The van der Waals surface area contributed by atoms with Gasteiger partial charge in [-0.1, -0.05) is 0 Å². The van der Waals surface area contributed by atoms with E-state index >= 15 is 0 Å². The summed E-state index contributed by atoms with van der Waals surface area (Å²) in [5, 5.41) is 0. The van der Waals surface area contributed by atoms with E-state index in [4.69, 9.17) is 9.47 Å². The molecule has 2 unspecified atom stereocenters. The van der Waals surface area contributed by atoms with Gasteiger partial charge in [-0.05, 0) is 49.2 Å². The molecule has 2 heterocycles. The lowest BCUT2D eigenvalue weighted by atomic mass is 9.98. The zero-order valence-corrected chi connectivity index (χ0v) is 16.1. The molecule has 1 aromatic heterocycles. The maximum absolute atomic E-state index is 13.2. The second kappa shape index (κ2) is 8.33. The van der Waals surface area contributed by atoms with Crippen molar-refractivity contribution in [2.24, 2.45) is 5.92 Å². The van der Waals surface area contributed by atoms with Crippen LogP contribution in [0.2, 0.25) is 0 Å². The Morgan fingerprint density at radius 1 is 1.33 bits per heavy atom. The first-order chi connectivity index (χ1) is 12.8. The van der Waals surface area contributed by atoms with Gasteiger partial charge in [-0.15, -0.1) is 0 Å². The summed E-state index contributed by atoms with van der Waals surface area (Å²) in [5.74, 6) is 0.250. The largest absolute Gasteiger partial charge is 0.493 e. The minimum Gasteiger partial charge on any atom is -0.493 e. The van der Waals surface area contributed by atoms with Crippen LogP contribution in [0, 0.1) is 18.7 Å². The fourth-order valence-corrected chi connectivity index (χ4v) is 4.01. The van der Waals surface area contributed by atoms with Crippen LogP contribution in [-0.4, -0.2) is 45.5 Å². The molecule has 2 aromatic rings. The first-order valence-electron chi connectivity index (χ1n) is 8.72. The van der Waals surface area contributed by atoms with E-state index in [0.717, 1.165) is 23.1 Å². The van der Waals surface area contributed by atoms with Crippen LogP contribution in [0.1, 0.15) is 12.0 Å². The van der Waals surface area contributed by atoms with Crippen molar-refractivity contribution in [1.29, 1.82) is 0 Å². The van der Waals surface area contributed by atoms with Crippen molar-refractivity contribution in [2.45, 2.75) is 19.4 Å². The molecule has 0 bridgehead atoms. The molecule has 2 atom stereocenters. The summed E-state index contributed by atoms with van der Waals surface area (Å²) in [6, 6.07) is 8.63. The molecule has 0 aliphatic carbocycles. The monoisotopic (exact) mass is 394 g/mol. The third-order valence-corrected chi connectivity index (χ3v) is 5.21. The highest BCUT2D eigenvalue weighted by atomic mass is 32.2. The molecule has 0 saturated carbocycles. The van der Waals surface area contributed by atoms with E-state index in [9.17, 15) is 12.8 Å². The van der Waals surface area contributed by atoms with Gasteiger partial charge in [0.1, 0.15) is 11.6 Å². The zero-order chi connectivity index (χ0) is 19.4. The van der Waals surface area contributed by atoms with Gasteiger partial charge in [0.2, 0.25) is 10.0 Å². The highest BCUT2D eigenvalue weighted by Crippen LogP contribution is 2.25. The minimum absolute atomic E-state index is 0.0610. The lowest BCUT2D eigenvalue weighted by molar-refractivity contribution is 0.0187. The standard InChI is InChI=1S/C19H23FN2O4S/c1-13-9-16(20)10-21-19(13)14-3-5-17(6-4-14)26-12-15-11-25-8-7-18(15)22-27(2,23)24/h3-6,9-10,15,18,22H,7-8,11-12H2,1-2H3. The number of ether oxygens (including phenoxy) is 2. The maximum atomic E-state index is 13.2. The molecule has 8 heteroatoms. The first kappa shape index (κ1) is 19.7. The molecule has 1 aliphatic rings. The number of nitrogens with zero attached hydrogens (tertiary/aromatic N) is 1. The van der Waals surface area contributed by atoms with Gasteiger partial charge in [0, 0.05) is 24.1 Å². The molecular formula is C19H23FN2O4S. The van der Waals surface area contributed by atoms with Gasteiger partial charge in [-0.25, -0.2) is 17.5 Å². The summed E-state index contributed by atoms with van der Waals surface area (Å²) in [6.45, 7) is 3.14. The number of halogens is 1. The van der Waals surface area contributed by atoms with Crippen LogP contribution in [0.25, 0.3) is 11.3 Å². The third-order valence-electron chi connectivity index (χ3n) is 4.48. The topological polar surface area (TPSA) is 77.5 Å². The Kier molecular flexibility index (Phi) is 6.08. The van der Waals surface area contributed by atoms with E-state index in [1.54, 1.807) is 0 Å². The second-order valence-corrected chi connectivity index (χ2v) is 8.55. The Hall–Kier alpha value is -2.03. The molecular weight excluding hydrogens is 371 g/mol. The van der Waals surface area contributed by atoms with Crippen molar-refractivity contribution in [1.82, 2.24) is 9.71 Å². The lowest BCUT2D eigenvalue weighted by Crippen LogP contribution is -2.47. The van der Waals surface area contributed by atoms with Crippen LogP contribution in [-0.2, 0) is 14.8 Å². The van der Waals surface area contributed by atoms with Crippen molar-refractivity contribution in [3.8, 4) is 17.0 Å². The number of hydrogen-bond acceptors (Lipinski definition) is 5. The fraction of sp³-hybridized carbons (Fsp3) is 0.421. The molecule has 6 nitrogen and oxygen atoms in total. The molecule has 0 radical (unpaired) electrons. The molecule has 146 valence electrons.